The molecule has 7 nitrogen and oxygen atoms in total. The van der Waals surface area contributed by atoms with Gasteiger partial charge in [-0.2, -0.15) is 10.4 Å². The molecular weight excluding hydrogens is 332 g/mol. The molecule has 0 aliphatic rings. The van der Waals surface area contributed by atoms with Crippen molar-refractivity contribution in [1.82, 2.24) is 15.1 Å². The second-order valence-corrected chi connectivity index (χ2v) is 7.31. The molecule has 1 heterocycles. The Bertz CT molecular complexity index is 843. The van der Waals surface area contributed by atoms with E-state index < -0.39 is 23.3 Å². The minimum Gasteiger partial charge on any atom is -0.480 e. The Balaban J connectivity index is 2.30. The summed E-state index contributed by atoms with van der Waals surface area (Å²) in [5, 5.41) is 25.7. The molecule has 1 aromatic carbocycles. The van der Waals surface area contributed by atoms with Crippen LogP contribution in [0.3, 0.4) is 0 Å². The molecule has 138 valence electrons. The van der Waals surface area contributed by atoms with Gasteiger partial charge in [-0.05, 0) is 24.3 Å². The Morgan fingerprint density at radius 3 is 2.62 bits per heavy atom. The highest BCUT2D eigenvalue weighted by Crippen LogP contribution is 2.22. The lowest BCUT2D eigenvalue weighted by Crippen LogP contribution is -2.49. The standard InChI is InChI=1S/C19H24N4O3/c1-19(2,3)16(18(25)26)21-17(24)15-13-9-5-6-10-14(13)23(22-15)12-8-4-7-11-20/h5-6,9-10,16H,4,7-8,12H2,1-3H3,(H,21,24)(H,25,26). The van der Waals surface area contributed by atoms with Gasteiger partial charge in [0.2, 0.25) is 0 Å². The molecule has 0 radical (unpaired) electrons. The molecular formula is C19H24N4O3. The monoisotopic (exact) mass is 356 g/mol. The molecule has 0 fully saturated rings. The maximum Gasteiger partial charge on any atom is 0.326 e. The first kappa shape index (κ1) is 19.4. The van der Waals surface area contributed by atoms with Crippen LogP contribution in [0.2, 0.25) is 0 Å². The van der Waals surface area contributed by atoms with Crippen LogP contribution in [0.1, 0.15) is 50.5 Å². The Morgan fingerprint density at radius 1 is 1.31 bits per heavy atom. The summed E-state index contributed by atoms with van der Waals surface area (Å²) < 4.78 is 1.74. The van der Waals surface area contributed by atoms with Gasteiger partial charge in [-0.15, -0.1) is 0 Å². The number of hydrogen-bond acceptors (Lipinski definition) is 4. The number of nitriles is 1. The van der Waals surface area contributed by atoms with Gasteiger partial charge in [0.25, 0.3) is 5.91 Å². The summed E-state index contributed by atoms with van der Waals surface area (Å²) in [6.45, 7) is 5.88. The third kappa shape index (κ3) is 4.39. The Labute approximate surface area is 152 Å². The molecule has 0 spiro atoms. The molecule has 1 amide bonds. The lowest BCUT2D eigenvalue weighted by atomic mass is 9.86. The van der Waals surface area contributed by atoms with E-state index in [0.29, 0.717) is 18.4 Å². The second-order valence-electron chi connectivity index (χ2n) is 7.31. The number of aromatic nitrogens is 2. The maximum absolute atomic E-state index is 12.7. The highest BCUT2D eigenvalue weighted by Gasteiger charge is 2.33. The minimum atomic E-state index is -1.08. The molecule has 2 N–H and O–H groups in total. The number of nitrogens with one attached hydrogen (secondary N) is 1. The van der Waals surface area contributed by atoms with Crippen molar-refractivity contribution in [3.8, 4) is 6.07 Å². The molecule has 2 rings (SSSR count). The third-order valence-electron chi connectivity index (χ3n) is 4.17. The number of hydrogen-bond donors (Lipinski definition) is 2. The fraction of sp³-hybridized carbons (Fsp3) is 0.474. The number of para-hydroxylation sites is 1. The number of benzene rings is 1. The number of rotatable bonds is 7. The summed E-state index contributed by atoms with van der Waals surface area (Å²) in [5.41, 5.74) is 0.408. The van der Waals surface area contributed by atoms with Crippen LogP contribution < -0.4 is 5.32 Å². The highest BCUT2D eigenvalue weighted by molar-refractivity contribution is 6.06. The van der Waals surface area contributed by atoms with Crippen molar-refractivity contribution >= 4 is 22.8 Å². The second kappa shape index (κ2) is 8.00. The zero-order valence-electron chi connectivity index (χ0n) is 15.3. The van der Waals surface area contributed by atoms with E-state index in [4.69, 9.17) is 5.26 Å². The summed E-state index contributed by atoms with van der Waals surface area (Å²) in [5.74, 6) is -1.58. The van der Waals surface area contributed by atoms with E-state index in [0.717, 1.165) is 18.4 Å². The molecule has 1 unspecified atom stereocenters. The third-order valence-corrected chi connectivity index (χ3v) is 4.17. The Morgan fingerprint density at radius 2 is 2.00 bits per heavy atom. The van der Waals surface area contributed by atoms with Crippen molar-refractivity contribution < 1.29 is 14.7 Å². The number of aliphatic carboxylic acids is 1. The first-order chi connectivity index (χ1) is 12.3. The molecule has 0 aliphatic carbocycles. The van der Waals surface area contributed by atoms with Crippen LogP contribution in [0.5, 0.6) is 0 Å². The number of nitrogens with zero attached hydrogens (tertiary/aromatic N) is 3. The van der Waals surface area contributed by atoms with Crippen LogP contribution in [-0.2, 0) is 11.3 Å². The molecule has 7 heteroatoms. The molecule has 0 saturated heterocycles. The predicted molar refractivity (Wildman–Crippen MR) is 97.5 cm³/mol. The van der Waals surface area contributed by atoms with Crippen LogP contribution in [0, 0.1) is 16.7 Å². The topological polar surface area (TPSA) is 108 Å². The number of carbonyl (C=O) groups is 2. The van der Waals surface area contributed by atoms with Crippen molar-refractivity contribution in [3.63, 3.8) is 0 Å². The van der Waals surface area contributed by atoms with Gasteiger partial charge in [0.15, 0.2) is 5.69 Å². The summed E-state index contributed by atoms with van der Waals surface area (Å²) in [7, 11) is 0. The largest absolute Gasteiger partial charge is 0.480 e. The van der Waals surface area contributed by atoms with Gasteiger partial charge < -0.3 is 10.4 Å². The zero-order chi connectivity index (χ0) is 19.3. The Hall–Kier alpha value is -2.88. The van der Waals surface area contributed by atoms with Crippen molar-refractivity contribution in [2.24, 2.45) is 5.41 Å². The van der Waals surface area contributed by atoms with E-state index in [1.807, 2.05) is 18.2 Å². The first-order valence-electron chi connectivity index (χ1n) is 8.62. The van der Waals surface area contributed by atoms with Crippen LogP contribution in [0.25, 0.3) is 10.9 Å². The Kier molecular flexibility index (Phi) is 5.98. The van der Waals surface area contributed by atoms with Gasteiger partial charge in [0, 0.05) is 18.4 Å². The van der Waals surface area contributed by atoms with Crippen molar-refractivity contribution in [1.29, 1.82) is 5.26 Å². The molecule has 2 aromatic rings. The number of amides is 1. The van der Waals surface area contributed by atoms with Gasteiger partial charge >= 0.3 is 5.97 Å². The van der Waals surface area contributed by atoms with Crippen molar-refractivity contribution in [2.45, 2.75) is 52.6 Å². The highest BCUT2D eigenvalue weighted by atomic mass is 16.4. The van der Waals surface area contributed by atoms with E-state index in [1.165, 1.54) is 0 Å². The number of carboxylic acids is 1. The lowest BCUT2D eigenvalue weighted by Gasteiger charge is -2.27. The number of carbonyl (C=O) groups excluding carboxylic acids is 1. The molecule has 0 saturated carbocycles. The fourth-order valence-electron chi connectivity index (χ4n) is 2.78. The van der Waals surface area contributed by atoms with Gasteiger partial charge in [-0.1, -0.05) is 39.0 Å². The average molecular weight is 356 g/mol. The number of carboxylic acid groups (broad SMARTS) is 1. The minimum absolute atomic E-state index is 0.219. The van der Waals surface area contributed by atoms with Gasteiger partial charge in [-0.3, -0.25) is 9.48 Å². The van der Waals surface area contributed by atoms with Crippen LogP contribution >= 0.6 is 0 Å². The van der Waals surface area contributed by atoms with E-state index in [-0.39, 0.29) is 5.69 Å². The van der Waals surface area contributed by atoms with E-state index in [9.17, 15) is 14.7 Å². The molecule has 1 aromatic heterocycles. The van der Waals surface area contributed by atoms with Crippen LogP contribution in [-0.4, -0.2) is 32.8 Å². The van der Waals surface area contributed by atoms with E-state index in [2.05, 4.69) is 16.5 Å². The normalized spacial score (nSPS) is 12.5. The summed E-state index contributed by atoms with van der Waals surface area (Å²) in [6, 6.07) is 8.46. The average Bonchev–Trinajstić information content (AvgIpc) is 2.94. The molecule has 0 aliphatic heterocycles. The number of aryl methyl sites for hydroxylation is 1. The van der Waals surface area contributed by atoms with Crippen molar-refractivity contribution in [2.75, 3.05) is 0 Å². The maximum atomic E-state index is 12.7. The van der Waals surface area contributed by atoms with E-state index in [1.54, 1.807) is 31.5 Å². The van der Waals surface area contributed by atoms with Crippen LogP contribution in [0.4, 0.5) is 0 Å². The summed E-state index contributed by atoms with van der Waals surface area (Å²) >= 11 is 0. The van der Waals surface area contributed by atoms with E-state index >= 15 is 0 Å². The molecule has 1 atom stereocenters. The SMILES string of the molecule is CC(C)(C)C(NC(=O)c1nn(CCCCC#N)c2ccccc12)C(=O)O. The van der Waals surface area contributed by atoms with Crippen LogP contribution in [0.15, 0.2) is 24.3 Å². The predicted octanol–water partition coefficient (Wildman–Crippen LogP) is 2.96. The summed E-state index contributed by atoms with van der Waals surface area (Å²) in [4.78, 5) is 24.2. The fourth-order valence-corrected chi connectivity index (χ4v) is 2.78. The number of fused-ring (bicyclic) bond motifs is 1. The number of unbranched alkanes of at least 4 members (excludes halogenated alkanes) is 2. The first-order valence-corrected chi connectivity index (χ1v) is 8.62. The van der Waals surface area contributed by atoms with Gasteiger partial charge in [-0.25, -0.2) is 4.79 Å². The van der Waals surface area contributed by atoms with Gasteiger partial charge in [0.1, 0.15) is 6.04 Å². The lowest BCUT2D eigenvalue weighted by molar-refractivity contribution is -0.142. The molecule has 0 bridgehead atoms. The quantitative estimate of drug-likeness (QED) is 0.742. The molecule has 26 heavy (non-hydrogen) atoms. The zero-order valence-corrected chi connectivity index (χ0v) is 15.3. The smallest absolute Gasteiger partial charge is 0.326 e. The van der Waals surface area contributed by atoms with Crippen molar-refractivity contribution in [3.05, 3.63) is 30.0 Å². The van der Waals surface area contributed by atoms with Gasteiger partial charge in [0.05, 0.1) is 11.6 Å². The summed E-state index contributed by atoms with van der Waals surface area (Å²) in [6.07, 6.45) is 2.02.